The lowest BCUT2D eigenvalue weighted by molar-refractivity contribution is -0.119. The molecule has 5 heteroatoms. The van der Waals surface area contributed by atoms with Crippen LogP contribution in [0.25, 0.3) is 0 Å². The molecule has 4 N–H and O–H groups in total. The number of hydrogen-bond donors (Lipinski definition) is 3. The second-order valence-corrected chi connectivity index (χ2v) is 5.02. The molecule has 1 aliphatic rings. The van der Waals surface area contributed by atoms with E-state index >= 15 is 0 Å². The molecule has 1 saturated heterocycles. The molecule has 0 aromatic heterocycles. The van der Waals surface area contributed by atoms with Crippen molar-refractivity contribution in [2.24, 2.45) is 5.73 Å². The van der Waals surface area contributed by atoms with E-state index in [2.05, 4.69) is 10.6 Å². The highest BCUT2D eigenvalue weighted by Crippen LogP contribution is 2.16. The number of anilines is 1. The summed E-state index contributed by atoms with van der Waals surface area (Å²) in [6, 6.07) is 6.13. The molecular formula is C13H17N3OS. The third kappa shape index (κ3) is 2.98. The predicted molar refractivity (Wildman–Crippen MR) is 76.7 cm³/mol. The van der Waals surface area contributed by atoms with Gasteiger partial charge in [0.1, 0.15) is 4.99 Å². The maximum Gasteiger partial charge on any atom is 0.220 e. The molecule has 0 radical (unpaired) electrons. The van der Waals surface area contributed by atoms with Gasteiger partial charge in [-0.1, -0.05) is 12.2 Å². The normalized spacial score (nSPS) is 18.5. The number of carbonyl (C=O) groups is 1. The minimum atomic E-state index is 0.141. The summed E-state index contributed by atoms with van der Waals surface area (Å²) < 4.78 is 0. The lowest BCUT2D eigenvalue weighted by atomic mass is 10.1. The van der Waals surface area contributed by atoms with Crippen LogP contribution in [-0.4, -0.2) is 23.5 Å². The topological polar surface area (TPSA) is 67.2 Å². The van der Waals surface area contributed by atoms with Crippen LogP contribution in [0.4, 0.5) is 5.69 Å². The first-order valence-corrected chi connectivity index (χ1v) is 6.41. The highest BCUT2D eigenvalue weighted by Gasteiger charge is 2.20. The fourth-order valence-corrected chi connectivity index (χ4v) is 2.35. The average molecular weight is 263 g/mol. The summed E-state index contributed by atoms with van der Waals surface area (Å²) >= 11 is 4.97. The molecule has 1 atom stereocenters. The van der Waals surface area contributed by atoms with E-state index < -0.39 is 0 Å². The Morgan fingerprint density at radius 2 is 2.39 bits per heavy atom. The zero-order valence-corrected chi connectivity index (χ0v) is 11.1. The lowest BCUT2D eigenvalue weighted by Gasteiger charge is -2.13. The Labute approximate surface area is 112 Å². The van der Waals surface area contributed by atoms with Gasteiger partial charge in [-0.3, -0.25) is 4.79 Å². The molecule has 1 aromatic carbocycles. The molecule has 96 valence electrons. The molecule has 0 saturated carbocycles. The Hall–Kier alpha value is -1.62. The highest BCUT2D eigenvalue weighted by atomic mass is 32.1. The summed E-state index contributed by atoms with van der Waals surface area (Å²) in [5.41, 5.74) is 8.60. The summed E-state index contributed by atoms with van der Waals surface area (Å²) in [4.78, 5) is 11.5. The van der Waals surface area contributed by atoms with Crippen molar-refractivity contribution in [3.63, 3.8) is 0 Å². The third-order valence-electron chi connectivity index (χ3n) is 3.13. The molecule has 1 heterocycles. The summed E-state index contributed by atoms with van der Waals surface area (Å²) in [6.07, 6.45) is 1.53. The summed E-state index contributed by atoms with van der Waals surface area (Å²) in [5, 5.41) is 6.24. The zero-order chi connectivity index (χ0) is 13.1. The van der Waals surface area contributed by atoms with E-state index in [-0.39, 0.29) is 11.9 Å². The molecule has 1 fully saturated rings. The van der Waals surface area contributed by atoms with E-state index in [4.69, 9.17) is 18.0 Å². The fraction of sp³-hybridized carbons (Fsp3) is 0.385. The van der Waals surface area contributed by atoms with Gasteiger partial charge in [-0.2, -0.15) is 0 Å². The Balaban J connectivity index is 1.96. The van der Waals surface area contributed by atoms with Crippen LogP contribution in [-0.2, 0) is 4.79 Å². The maximum absolute atomic E-state index is 11.1. The van der Waals surface area contributed by atoms with Crippen molar-refractivity contribution in [2.45, 2.75) is 25.8 Å². The van der Waals surface area contributed by atoms with Gasteiger partial charge < -0.3 is 16.4 Å². The predicted octanol–water partition coefficient (Wildman–Crippen LogP) is 1.32. The molecule has 0 aliphatic carbocycles. The zero-order valence-electron chi connectivity index (χ0n) is 10.3. The van der Waals surface area contributed by atoms with E-state index in [1.807, 2.05) is 25.1 Å². The van der Waals surface area contributed by atoms with Gasteiger partial charge in [-0.15, -0.1) is 0 Å². The van der Waals surface area contributed by atoms with E-state index in [9.17, 15) is 4.79 Å². The number of thiocarbonyl (C=S) groups is 1. The van der Waals surface area contributed by atoms with Gasteiger partial charge in [0.25, 0.3) is 0 Å². The number of amides is 1. The Kier molecular flexibility index (Phi) is 3.81. The van der Waals surface area contributed by atoms with Crippen LogP contribution in [0, 0.1) is 6.92 Å². The molecule has 1 unspecified atom stereocenters. The second kappa shape index (κ2) is 5.35. The van der Waals surface area contributed by atoms with Crippen LogP contribution in [0.2, 0.25) is 0 Å². The largest absolute Gasteiger partial charge is 0.389 e. The lowest BCUT2D eigenvalue weighted by Crippen LogP contribution is -2.31. The highest BCUT2D eigenvalue weighted by molar-refractivity contribution is 7.80. The quantitative estimate of drug-likeness (QED) is 0.717. The molecule has 4 nitrogen and oxygen atoms in total. The van der Waals surface area contributed by atoms with Crippen LogP contribution in [0.1, 0.15) is 24.0 Å². The number of nitrogens with two attached hydrogens (primary N) is 1. The van der Waals surface area contributed by atoms with Crippen molar-refractivity contribution in [3.05, 3.63) is 29.3 Å². The van der Waals surface area contributed by atoms with Gasteiger partial charge in [-0.05, 0) is 37.1 Å². The van der Waals surface area contributed by atoms with Crippen LogP contribution >= 0.6 is 12.2 Å². The van der Waals surface area contributed by atoms with Gasteiger partial charge in [0.05, 0.1) is 0 Å². The molecule has 2 rings (SSSR count). The van der Waals surface area contributed by atoms with E-state index in [1.165, 1.54) is 0 Å². The van der Waals surface area contributed by atoms with Crippen molar-refractivity contribution in [1.29, 1.82) is 0 Å². The first-order valence-electron chi connectivity index (χ1n) is 6.00. The van der Waals surface area contributed by atoms with Crippen LogP contribution in [0.15, 0.2) is 18.2 Å². The summed E-state index contributed by atoms with van der Waals surface area (Å²) in [7, 11) is 0. The number of nitrogens with one attached hydrogen (secondary N) is 2. The number of hydrogen-bond acceptors (Lipinski definition) is 3. The van der Waals surface area contributed by atoms with Crippen LogP contribution < -0.4 is 16.4 Å². The molecular weight excluding hydrogens is 246 g/mol. The average Bonchev–Trinajstić information content (AvgIpc) is 2.72. The van der Waals surface area contributed by atoms with Gasteiger partial charge in [0, 0.05) is 30.3 Å². The number of rotatable bonds is 4. The third-order valence-corrected chi connectivity index (χ3v) is 3.35. The fourth-order valence-electron chi connectivity index (χ4n) is 2.12. The molecule has 1 aliphatic heterocycles. The summed E-state index contributed by atoms with van der Waals surface area (Å²) in [6.45, 7) is 2.73. The van der Waals surface area contributed by atoms with Crippen molar-refractivity contribution in [1.82, 2.24) is 5.32 Å². The van der Waals surface area contributed by atoms with E-state index in [1.54, 1.807) is 0 Å². The number of aryl methyl sites for hydroxylation is 1. The number of benzene rings is 1. The first-order chi connectivity index (χ1) is 8.56. The first kappa shape index (κ1) is 12.8. The molecule has 18 heavy (non-hydrogen) atoms. The summed E-state index contributed by atoms with van der Waals surface area (Å²) in [5.74, 6) is 0.141. The minimum absolute atomic E-state index is 0.141. The van der Waals surface area contributed by atoms with Gasteiger partial charge in [-0.25, -0.2) is 0 Å². The Morgan fingerprint density at radius 3 is 2.94 bits per heavy atom. The van der Waals surface area contributed by atoms with E-state index in [0.717, 1.165) is 29.8 Å². The molecule has 1 amide bonds. The maximum atomic E-state index is 11.1. The van der Waals surface area contributed by atoms with Crippen molar-refractivity contribution in [3.8, 4) is 0 Å². The van der Waals surface area contributed by atoms with Crippen LogP contribution in [0.5, 0.6) is 0 Å². The second-order valence-electron chi connectivity index (χ2n) is 4.58. The van der Waals surface area contributed by atoms with Gasteiger partial charge >= 0.3 is 0 Å². The van der Waals surface area contributed by atoms with Crippen molar-refractivity contribution in [2.75, 3.05) is 11.9 Å². The molecule has 1 aromatic rings. The molecule has 0 spiro atoms. The minimum Gasteiger partial charge on any atom is -0.389 e. The number of carbonyl (C=O) groups excluding carboxylic acids is 1. The van der Waals surface area contributed by atoms with Gasteiger partial charge in [0.2, 0.25) is 5.91 Å². The smallest absolute Gasteiger partial charge is 0.220 e. The Morgan fingerprint density at radius 1 is 1.61 bits per heavy atom. The van der Waals surface area contributed by atoms with Crippen molar-refractivity contribution >= 4 is 28.8 Å². The standard InChI is InChI=1S/C13H17N3OS/c1-8-6-9(2-4-11(8)13(14)18)15-7-10-3-5-12(17)16-10/h2,4,6,10,15H,3,5,7H2,1H3,(H2,14,18)(H,16,17). The van der Waals surface area contributed by atoms with Crippen molar-refractivity contribution < 1.29 is 4.79 Å². The molecule has 0 bridgehead atoms. The monoisotopic (exact) mass is 263 g/mol. The van der Waals surface area contributed by atoms with Crippen LogP contribution in [0.3, 0.4) is 0 Å². The van der Waals surface area contributed by atoms with E-state index in [0.29, 0.717) is 11.4 Å². The van der Waals surface area contributed by atoms with Gasteiger partial charge in [0.15, 0.2) is 0 Å². The Bertz CT molecular complexity index is 487. The SMILES string of the molecule is Cc1cc(NCC2CCC(=O)N2)ccc1C(N)=S.